The van der Waals surface area contributed by atoms with Crippen LogP contribution >= 0.6 is 34.8 Å². The summed E-state index contributed by atoms with van der Waals surface area (Å²) in [7, 11) is -3.30. The first-order chi connectivity index (χ1) is 18.1. The van der Waals surface area contributed by atoms with Gasteiger partial charge in [-0.25, -0.2) is 21.2 Å². The number of halogens is 8. The highest BCUT2D eigenvalue weighted by Gasteiger charge is 2.37. The number of methoxy groups -OCH3 is 1. The minimum Gasteiger partial charge on any atom is -0.495 e. The summed E-state index contributed by atoms with van der Waals surface area (Å²) in [6, 6.07) is 5.67. The van der Waals surface area contributed by atoms with Crippen LogP contribution in [0.15, 0.2) is 47.5 Å². The first kappa shape index (κ1) is 29.5. The molecule has 0 spiro atoms. The fourth-order valence-corrected chi connectivity index (χ4v) is 6.04. The zero-order valence-electron chi connectivity index (χ0n) is 19.9. The van der Waals surface area contributed by atoms with E-state index in [1.165, 1.54) is 24.1 Å². The number of fused-ring (bicyclic) bond motifs is 1. The maximum Gasteiger partial charge on any atom is 0.416 e. The minimum absolute atomic E-state index is 0.132. The molecule has 0 atom stereocenters. The van der Waals surface area contributed by atoms with Crippen LogP contribution < -0.4 is 9.64 Å². The highest BCUT2D eigenvalue weighted by Crippen LogP contribution is 2.38. The van der Waals surface area contributed by atoms with E-state index in [0.29, 0.717) is 28.0 Å². The maximum absolute atomic E-state index is 13.7. The van der Waals surface area contributed by atoms with Gasteiger partial charge in [-0.05, 0) is 30.3 Å². The van der Waals surface area contributed by atoms with E-state index in [0.717, 1.165) is 12.1 Å². The molecule has 1 fully saturated rings. The van der Waals surface area contributed by atoms with Gasteiger partial charge in [0.25, 0.3) is 26.1 Å². The van der Waals surface area contributed by atoms with Gasteiger partial charge in [0, 0.05) is 43.3 Å². The molecule has 1 amide bonds. The first-order valence-corrected chi connectivity index (χ1v) is 13.7. The van der Waals surface area contributed by atoms with Crippen LogP contribution in [0.1, 0.15) is 17.6 Å². The second-order valence-electron chi connectivity index (χ2n) is 8.53. The Labute approximate surface area is 234 Å². The number of nitrogens with zero attached hydrogens (tertiary/aromatic N) is 3. The van der Waals surface area contributed by atoms with Gasteiger partial charge >= 0.3 is 6.18 Å². The Hall–Kier alpha value is -2.48. The van der Waals surface area contributed by atoms with Crippen molar-refractivity contribution in [1.29, 1.82) is 0 Å². The van der Waals surface area contributed by atoms with Crippen molar-refractivity contribution < 1.29 is 39.9 Å². The van der Waals surface area contributed by atoms with Crippen molar-refractivity contribution in [2.24, 2.45) is 0 Å². The van der Waals surface area contributed by atoms with E-state index in [1.807, 2.05) is 0 Å². The predicted molar refractivity (Wildman–Crippen MR) is 137 cm³/mol. The van der Waals surface area contributed by atoms with Gasteiger partial charge in [0.05, 0.1) is 28.8 Å². The summed E-state index contributed by atoms with van der Waals surface area (Å²) in [5, 5.41) is -0.329. The molecular weight excluding hydrogens is 616 g/mol. The molecule has 0 radical (unpaired) electrons. The van der Waals surface area contributed by atoms with Crippen LogP contribution in [-0.2, 0) is 21.0 Å². The van der Waals surface area contributed by atoms with E-state index in [9.17, 15) is 35.2 Å². The second-order valence-corrected chi connectivity index (χ2v) is 12.6. The summed E-state index contributed by atoms with van der Waals surface area (Å²) in [6.45, 7) is 0.659. The average Bonchev–Trinajstić information content (AvgIpc) is 3.27. The number of amides is 1. The van der Waals surface area contributed by atoms with Crippen LogP contribution in [0, 0.1) is 0 Å². The van der Waals surface area contributed by atoms with Crippen molar-refractivity contribution in [3.05, 3.63) is 53.7 Å². The number of rotatable bonds is 5. The van der Waals surface area contributed by atoms with Crippen LogP contribution in [0.5, 0.6) is 5.75 Å². The lowest BCUT2D eigenvalue weighted by atomic mass is 10.1. The molecule has 1 saturated heterocycles. The molecule has 0 N–H and O–H groups in total. The molecule has 7 nitrogen and oxygen atoms in total. The van der Waals surface area contributed by atoms with Crippen molar-refractivity contribution >= 4 is 67.3 Å². The number of ether oxygens (including phenoxy) is 1. The molecule has 1 aliphatic rings. The van der Waals surface area contributed by atoms with Gasteiger partial charge in [0.1, 0.15) is 5.75 Å². The quantitative estimate of drug-likeness (QED) is 0.260. The molecule has 2 heterocycles. The lowest BCUT2D eigenvalue weighted by Gasteiger charge is -2.37. The van der Waals surface area contributed by atoms with Crippen molar-refractivity contribution in [2.45, 2.75) is 21.3 Å². The standard InChI is InChI=1S/C23H19Cl3F5N3O4S/c1-38-19-5-3-14(11-18(19)32-6-8-33(9-7-32)21(35)22(24,25)26)39(36,37)34-12-16(20(27)28)15-4-2-13(10-17(15)34)23(29,30)31/h2-5,10-12,20H,6-9H2,1H3. The third kappa shape index (κ3) is 5.72. The molecule has 2 aromatic carbocycles. The molecular formula is C23H19Cl3F5N3O4S. The van der Waals surface area contributed by atoms with E-state index in [1.54, 1.807) is 4.90 Å². The maximum atomic E-state index is 13.7. The Balaban J connectivity index is 1.76. The fraction of sp³-hybridized carbons (Fsp3) is 0.348. The number of carbonyl (C=O) groups is 1. The van der Waals surface area contributed by atoms with Gasteiger partial charge in [0.2, 0.25) is 0 Å². The molecule has 4 rings (SSSR count). The summed E-state index contributed by atoms with van der Waals surface area (Å²) in [5.41, 5.74) is -2.17. The summed E-state index contributed by atoms with van der Waals surface area (Å²) in [6.07, 6.45) is -7.35. The lowest BCUT2D eigenvalue weighted by molar-refractivity contribution is -0.137. The molecule has 0 saturated carbocycles. The van der Waals surface area contributed by atoms with Gasteiger partial charge in [-0.2, -0.15) is 13.2 Å². The molecule has 39 heavy (non-hydrogen) atoms. The van der Waals surface area contributed by atoms with Crippen molar-refractivity contribution in [2.75, 3.05) is 38.2 Å². The van der Waals surface area contributed by atoms with Gasteiger partial charge in [-0.3, -0.25) is 4.79 Å². The third-order valence-electron chi connectivity index (χ3n) is 6.22. The first-order valence-electron chi connectivity index (χ1n) is 11.1. The number of anilines is 1. The number of piperazine rings is 1. The minimum atomic E-state index is -4.83. The van der Waals surface area contributed by atoms with Gasteiger partial charge < -0.3 is 14.5 Å². The zero-order chi connectivity index (χ0) is 28.9. The molecule has 0 unspecified atom stereocenters. The van der Waals surface area contributed by atoms with E-state index < -0.39 is 49.0 Å². The van der Waals surface area contributed by atoms with Crippen LogP contribution in [0.2, 0.25) is 0 Å². The van der Waals surface area contributed by atoms with Crippen molar-refractivity contribution in [3.63, 3.8) is 0 Å². The highest BCUT2D eigenvalue weighted by atomic mass is 35.6. The number of carbonyl (C=O) groups excluding carboxylic acids is 1. The summed E-state index contributed by atoms with van der Waals surface area (Å²) in [5.74, 6) is -0.455. The summed E-state index contributed by atoms with van der Waals surface area (Å²) in [4.78, 5) is 14.9. The van der Waals surface area contributed by atoms with Crippen LogP contribution in [0.3, 0.4) is 0 Å². The number of benzene rings is 2. The van der Waals surface area contributed by atoms with Crippen LogP contribution in [-0.4, -0.2) is 60.3 Å². The van der Waals surface area contributed by atoms with Gasteiger partial charge in [-0.15, -0.1) is 0 Å². The molecule has 0 aliphatic carbocycles. The zero-order valence-corrected chi connectivity index (χ0v) is 22.9. The molecule has 212 valence electrons. The molecule has 0 bridgehead atoms. The number of alkyl halides is 8. The number of hydrogen-bond acceptors (Lipinski definition) is 5. The molecule has 1 aliphatic heterocycles. The fourth-order valence-electron chi connectivity index (χ4n) is 4.29. The Morgan fingerprint density at radius 2 is 1.64 bits per heavy atom. The largest absolute Gasteiger partial charge is 0.495 e. The van der Waals surface area contributed by atoms with Crippen LogP contribution in [0.25, 0.3) is 10.9 Å². The predicted octanol–water partition coefficient (Wildman–Crippen LogP) is 5.86. The Kier molecular flexibility index (Phi) is 7.94. The van der Waals surface area contributed by atoms with Gasteiger partial charge in [-0.1, -0.05) is 40.9 Å². The topological polar surface area (TPSA) is 71.9 Å². The van der Waals surface area contributed by atoms with Crippen molar-refractivity contribution in [3.8, 4) is 5.75 Å². The summed E-state index contributed by atoms with van der Waals surface area (Å²) < 4.78 is 98.3. The lowest BCUT2D eigenvalue weighted by Crippen LogP contribution is -2.51. The third-order valence-corrected chi connectivity index (χ3v) is 8.38. The normalized spacial score (nSPS) is 15.3. The smallest absolute Gasteiger partial charge is 0.416 e. The second kappa shape index (κ2) is 10.5. The molecule has 16 heteroatoms. The van der Waals surface area contributed by atoms with E-state index in [4.69, 9.17) is 39.5 Å². The Bertz CT molecular complexity index is 1520. The van der Waals surface area contributed by atoms with Gasteiger partial charge in [0.15, 0.2) is 0 Å². The van der Waals surface area contributed by atoms with Crippen LogP contribution in [0.4, 0.5) is 27.6 Å². The highest BCUT2D eigenvalue weighted by molar-refractivity contribution is 7.90. The molecule has 1 aromatic heterocycles. The SMILES string of the molecule is COc1ccc(S(=O)(=O)n2cc(C(F)F)c3ccc(C(F)(F)F)cc32)cc1N1CCN(C(=O)C(Cl)(Cl)Cl)CC1. The average molecular weight is 635 g/mol. The van der Waals surface area contributed by atoms with E-state index in [-0.39, 0.29) is 42.2 Å². The number of aromatic nitrogens is 1. The molecule has 3 aromatic rings. The monoisotopic (exact) mass is 633 g/mol. The van der Waals surface area contributed by atoms with E-state index >= 15 is 0 Å². The Morgan fingerprint density at radius 1 is 1.00 bits per heavy atom. The Morgan fingerprint density at radius 3 is 2.18 bits per heavy atom. The summed E-state index contributed by atoms with van der Waals surface area (Å²) >= 11 is 17.0. The number of hydrogen-bond donors (Lipinski definition) is 0. The van der Waals surface area contributed by atoms with Crippen molar-refractivity contribution in [1.82, 2.24) is 8.87 Å². The van der Waals surface area contributed by atoms with E-state index in [2.05, 4.69) is 0 Å².